The summed E-state index contributed by atoms with van der Waals surface area (Å²) in [5, 5.41) is 4.05. The fourth-order valence-electron chi connectivity index (χ4n) is 3.13. The van der Waals surface area contributed by atoms with Gasteiger partial charge in [0, 0.05) is 30.1 Å². The van der Waals surface area contributed by atoms with Gasteiger partial charge in [0.1, 0.15) is 5.82 Å². The van der Waals surface area contributed by atoms with Crippen molar-refractivity contribution < 1.29 is 13.7 Å². The highest BCUT2D eigenvalue weighted by atomic mass is 19.1. The van der Waals surface area contributed by atoms with Gasteiger partial charge in [-0.2, -0.15) is 4.98 Å². The van der Waals surface area contributed by atoms with Gasteiger partial charge >= 0.3 is 0 Å². The zero-order valence-corrected chi connectivity index (χ0v) is 13.6. The molecule has 1 atom stereocenters. The normalized spacial score (nSPS) is 17.3. The van der Waals surface area contributed by atoms with Crippen molar-refractivity contribution in [1.29, 1.82) is 0 Å². The Morgan fingerprint density at radius 2 is 2.00 bits per heavy atom. The van der Waals surface area contributed by atoms with Gasteiger partial charge in [-0.15, -0.1) is 0 Å². The Morgan fingerprint density at radius 1 is 1.20 bits per heavy atom. The van der Waals surface area contributed by atoms with Crippen molar-refractivity contribution in [3.63, 3.8) is 0 Å². The molecule has 4 rings (SSSR count). The van der Waals surface area contributed by atoms with Gasteiger partial charge in [-0.1, -0.05) is 23.4 Å². The molecule has 1 fully saturated rings. The third-order valence-electron chi connectivity index (χ3n) is 4.40. The molecule has 0 N–H and O–H groups in total. The molecule has 0 aliphatic carbocycles. The smallest absolute Gasteiger partial charge is 0.257 e. The van der Waals surface area contributed by atoms with Crippen LogP contribution in [0.1, 0.15) is 23.7 Å². The molecular weight excluding hydrogens is 321 g/mol. The van der Waals surface area contributed by atoms with E-state index in [4.69, 9.17) is 4.52 Å². The van der Waals surface area contributed by atoms with Gasteiger partial charge in [-0.3, -0.25) is 4.79 Å². The predicted molar refractivity (Wildman–Crippen MR) is 90.6 cm³/mol. The van der Waals surface area contributed by atoms with Gasteiger partial charge in [-0.05, 0) is 42.8 Å². The lowest BCUT2D eigenvalue weighted by Crippen LogP contribution is -2.25. The number of aromatic nitrogens is 2. The second-order valence-electron chi connectivity index (χ2n) is 6.16. The highest BCUT2D eigenvalue weighted by Gasteiger charge is 2.35. The highest BCUT2D eigenvalue weighted by molar-refractivity contribution is 5.97. The first kappa shape index (κ1) is 15.5. The van der Waals surface area contributed by atoms with Crippen molar-refractivity contribution in [2.75, 3.05) is 11.4 Å². The molecular formula is C19H16FN3O2. The third-order valence-corrected chi connectivity index (χ3v) is 4.40. The van der Waals surface area contributed by atoms with Crippen molar-refractivity contribution in [3.05, 3.63) is 65.7 Å². The minimum absolute atomic E-state index is 0.0224. The average molecular weight is 337 g/mol. The molecule has 0 radical (unpaired) electrons. The van der Waals surface area contributed by atoms with E-state index in [1.54, 1.807) is 17.9 Å². The lowest BCUT2D eigenvalue weighted by molar-refractivity contribution is -0.117. The van der Waals surface area contributed by atoms with E-state index in [9.17, 15) is 9.18 Å². The number of carbonyl (C=O) groups is 1. The maximum atomic E-state index is 13.3. The molecule has 0 bridgehead atoms. The molecule has 1 saturated heterocycles. The summed E-state index contributed by atoms with van der Waals surface area (Å²) >= 11 is 0. The fourth-order valence-corrected chi connectivity index (χ4v) is 3.13. The molecule has 2 heterocycles. The number of halogens is 1. The van der Waals surface area contributed by atoms with E-state index >= 15 is 0 Å². The summed E-state index contributed by atoms with van der Waals surface area (Å²) in [6, 6.07) is 13.9. The van der Waals surface area contributed by atoms with Gasteiger partial charge in [-0.25, -0.2) is 4.39 Å². The van der Waals surface area contributed by atoms with Crippen molar-refractivity contribution in [2.45, 2.75) is 19.3 Å². The van der Waals surface area contributed by atoms with Crippen molar-refractivity contribution in [3.8, 4) is 11.5 Å². The number of carbonyl (C=O) groups excluding carboxylic acids is 1. The molecule has 25 heavy (non-hydrogen) atoms. The fraction of sp³-hybridized carbons (Fsp3) is 0.211. The summed E-state index contributed by atoms with van der Waals surface area (Å²) < 4.78 is 18.6. The molecule has 1 aliphatic heterocycles. The first-order valence-corrected chi connectivity index (χ1v) is 8.07. The molecule has 126 valence electrons. The molecule has 1 aromatic heterocycles. The van der Waals surface area contributed by atoms with E-state index < -0.39 is 0 Å². The molecule has 0 saturated carbocycles. The first-order chi connectivity index (χ1) is 12.1. The molecule has 6 heteroatoms. The predicted octanol–water partition coefficient (Wildman–Crippen LogP) is 3.70. The summed E-state index contributed by atoms with van der Waals surface area (Å²) in [7, 11) is 0. The van der Waals surface area contributed by atoms with Crippen LogP contribution in [0.4, 0.5) is 10.1 Å². The zero-order chi connectivity index (χ0) is 17.4. The molecule has 0 spiro atoms. The van der Waals surface area contributed by atoms with Gasteiger partial charge in [0.05, 0.1) is 0 Å². The topological polar surface area (TPSA) is 59.2 Å². The van der Waals surface area contributed by atoms with Crippen molar-refractivity contribution in [1.82, 2.24) is 10.1 Å². The Hall–Kier alpha value is -3.02. The first-order valence-electron chi connectivity index (χ1n) is 8.07. The Balaban J connectivity index is 1.57. The van der Waals surface area contributed by atoms with E-state index in [1.807, 2.05) is 30.3 Å². The molecule has 1 amide bonds. The second-order valence-corrected chi connectivity index (χ2v) is 6.16. The van der Waals surface area contributed by atoms with Gasteiger partial charge in [0.2, 0.25) is 5.91 Å². The molecule has 1 aliphatic rings. The lowest BCUT2D eigenvalue weighted by atomic mass is 10.1. The molecule has 3 aromatic rings. The van der Waals surface area contributed by atoms with Crippen LogP contribution in [0.2, 0.25) is 0 Å². The zero-order valence-electron chi connectivity index (χ0n) is 13.6. The van der Waals surface area contributed by atoms with Crippen molar-refractivity contribution in [2.24, 2.45) is 0 Å². The Bertz CT molecular complexity index is 923. The number of rotatable bonds is 3. The Kier molecular flexibility index (Phi) is 3.80. The number of amides is 1. The Morgan fingerprint density at radius 3 is 2.76 bits per heavy atom. The van der Waals surface area contributed by atoms with Crippen molar-refractivity contribution >= 4 is 11.6 Å². The number of aryl methyl sites for hydroxylation is 1. The maximum Gasteiger partial charge on any atom is 0.257 e. The van der Waals surface area contributed by atoms with E-state index in [2.05, 4.69) is 10.1 Å². The largest absolute Gasteiger partial charge is 0.334 e. The minimum atomic E-state index is -0.310. The van der Waals surface area contributed by atoms with E-state index in [-0.39, 0.29) is 17.6 Å². The Labute approximate surface area is 144 Å². The summed E-state index contributed by atoms with van der Waals surface area (Å²) in [6.45, 7) is 2.25. The van der Waals surface area contributed by atoms with Gasteiger partial charge in [0.15, 0.2) is 5.82 Å². The maximum absolute atomic E-state index is 13.3. The van der Waals surface area contributed by atoms with E-state index in [0.717, 1.165) is 16.8 Å². The van der Waals surface area contributed by atoms with E-state index in [1.165, 1.54) is 12.1 Å². The number of hydrogen-bond donors (Lipinski definition) is 0. The van der Waals surface area contributed by atoms with Crippen LogP contribution >= 0.6 is 0 Å². The summed E-state index contributed by atoms with van der Waals surface area (Å²) in [4.78, 5) is 18.5. The highest BCUT2D eigenvalue weighted by Crippen LogP contribution is 2.33. The van der Waals surface area contributed by atoms with Crippen LogP contribution in [-0.2, 0) is 4.79 Å². The second kappa shape index (κ2) is 6.12. The number of nitrogens with zero attached hydrogens (tertiary/aromatic N) is 3. The molecule has 5 nitrogen and oxygen atoms in total. The monoisotopic (exact) mass is 337 g/mol. The lowest BCUT2D eigenvalue weighted by Gasteiger charge is -2.18. The van der Waals surface area contributed by atoms with Crippen LogP contribution in [0, 0.1) is 12.7 Å². The minimum Gasteiger partial charge on any atom is -0.334 e. The quantitative estimate of drug-likeness (QED) is 0.731. The summed E-state index contributed by atoms with van der Waals surface area (Å²) in [5.74, 6) is 0.494. The average Bonchev–Trinajstić information content (AvgIpc) is 3.23. The number of benzene rings is 2. The van der Waals surface area contributed by atoms with Crippen LogP contribution in [0.3, 0.4) is 0 Å². The van der Waals surface area contributed by atoms with E-state index in [0.29, 0.717) is 24.7 Å². The van der Waals surface area contributed by atoms with Crippen LogP contribution in [-0.4, -0.2) is 22.6 Å². The van der Waals surface area contributed by atoms with Crippen LogP contribution < -0.4 is 4.90 Å². The standard InChI is InChI=1S/C19H16FN3O2/c1-12-9-15(20)7-8-16(12)23-11-14(10-17(23)24)18-21-19(25-22-18)13-5-3-2-4-6-13/h2-9,14H,10-11H2,1H3. The third kappa shape index (κ3) is 2.91. The summed E-state index contributed by atoms with van der Waals surface area (Å²) in [6.07, 6.45) is 0.310. The van der Waals surface area contributed by atoms with Crippen LogP contribution in [0.25, 0.3) is 11.5 Å². The summed E-state index contributed by atoms with van der Waals surface area (Å²) in [5.41, 5.74) is 2.30. The van der Waals surface area contributed by atoms with Gasteiger partial charge < -0.3 is 9.42 Å². The number of anilines is 1. The van der Waals surface area contributed by atoms with Crippen LogP contribution in [0.5, 0.6) is 0 Å². The van der Waals surface area contributed by atoms with Gasteiger partial charge in [0.25, 0.3) is 5.89 Å². The SMILES string of the molecule is Cc1cc(F)ccc1N1CC(c2noc(-c3ccccc3)n2)CC1=O. The molecule has 2 aromatic carbocycles. The molecule has 1 unspecified atom stereocenters. The van der Waals surface area contributed by atoms with Crippen LogP contribution in [0.15, 0.2) is 53.1 Å². The number of hydrogen-bond acceptors (Lipinski definition) is 4.